The highest BCUT2D eigenvalue weighted by molar-refractivity contribution is 5.84. The predicted octanol–water partition coefficient (Wildman–Crippen LogP) is 4.78. The fourth-order valence-electron chi connectivity index (χ4n) is 3.60. The van der Waals surface area contributed by atoms with Crippen LogP contribution in [0.2, 0.25) is 0 Å². The van der Waals surface area contributed by atoms with Gasteiger partial charge in [0.15, 0.2) is 0 Å². The van der Waals surface area contributed by atoms with Crippen LogP contribution < -0.4 is 5.32 Å². The van der Waals surface area contributed by atoms with Crippen LogP contribution in [0.15, 0.2) is 72.8 Å². The number of rotatable bonds is 6. The average Bonchev–Trinajstić information content (AvgIpc) is 3.09. The molecule has 0 spiro atoms. The molecule has 3 aromatic carbocycles. The third-order valence-corrected chi connectivity index (χ3v) is 5.03. The van der Waals surface area contributed by atoms with Gasteiger partial charge in [0.1, 0.15) is 23.5 Å². The Morgan fingerprint density at radius 3 is 2.37 bits per heavy atom. The first-order chi connectivity index (χ1) is 14.5. The van der Waals surface area contributed by atoms with Gasteiger partial charge in [-0.15, -0.1) is 0 Å². The molecule has 1 unspecified atom stereocenters. The summed E-state index contributed by atoms with van der Waals surface area (Å²) in [5, 5.41) is 2.95. The summed E-state index contributed by atoms with van der Waals surface area (Å²) in [5.74, 6) is -0.861. The minimum atomic E-state index is -0.638. The van der Waals surface area contributed by atoms with Gasteiger partial charge in [-0.1, -0.05) is 42.5 Å². The Hall–Kier alpha value is -3.54. The number of benzene rings is 3. The van der Waals surface area contributed by atoms with Crippen LogP contribution in [0, 0.1) is 11.6 Å². The molecule has 0 radical (unpaired) electrons. The SMILES string of the molecule is CC(C(=O)NCc1ccccc1)n1c(Cc2cc(F)cc(F)c2)nc2ccccc21. The molecule has 0 aliphatic carbocycles. The first-order valence-corrected chi connectivity index (χ1v) is 9.74. The molecule has 0 fully saturated rings. The first kappa shape index (κ1) is 19.8. The average molecular weight is 405 g/mol. The van der Waals surface area contributed by atoms with Crippen LogP contribution in [-0.4, -0.2) is 15.5 Å². The van der Waals surface area contributed by atoms with Crippen molar-refractivity contribution in [2.45, 2.75) is 25.9 Å². The van der Waals surface area contributed by atoms with Gasteiger partial charge in [-0.05, 0) is 42.3 Å². The smallest absolute Gasteiger partial charge is 0.243 e. The Morgan fingerprint density at radius 1 is 0.967 bits per heavy atom. The normalized spacial score (nSPS) is 12.1. The summed E-state index contributed by atoms with van der Waals surface area (Å²) >= 11 is 0. The number of hydrogen-bond acceptors (Lipinski definition) is 2. The lowest BCUT2D eigenvalue weighted by atomic mass is 10.1. The number of imidazole rings is 1. The summed E-state index contributed by atoms with van der Waals surface area (Å²) in [4.78, 5) is 17.5. The molecule has 152 valence electrons. The van der Waals surface area contributed by atoms with Gasteiger partial charge in [0.05, 0.1) is 11.0 Å². The van der Waals surface area contributed by atoms with Gasteiger partial charge < -0.3 is 9.88 Å². The van der Waals surface area contributed by atoms with E-state index in [0.717, 1.165) is 22.7 Å². The zero-order valence-corrected chi connectivity index (χ0v) is 16.5. The van der Waals surface area contributed by atoms with Gasteiger partial charge in [0.25, 0.3) is 0 Å². The van der Waals surface area contributed by atoms with Crippen molar-refractivity contribution in [2.75, 3.05) is 0 Å². The molecule has 4 aromatic rings. The van der Waals surface area contributed by atoms with Crippen LogP contribution in [-0.2, 0) is 17.8 Å². The molecule has 1 amide bonds. The molecule has 30 heavy (non-hydrogen) atoms. The number of fused-ring (bicyclic) bond motifs is 1. The molecule has 1 aromatic heterocycles. The molecule has 6 heteroatoms. The van der Waals surface area contributed by atoms with Crippen molar-refractivity contribution in [3.05, 3.63) is 101 Å². The summed E-state index contributed by atoms with van der Waals surface area (Å²) in [6.45, 7) is 2.21. The summed E-state index contributed by atoms with van der Waals surface area (Å²) in [6.07, 6.45) is 0.208. The number of carbonyl (C=O) groups is 1. The van der Waals surface area contributed by atoms with Crippen molar-refractivity contribution in [1.82, 2.24) is 14.9 Å². The van der Waals surface area contributed by atoms with E-state index in [9.17, 15) is 13.6 Å². The number of hydrogen-bond donors (Lipinski definition) is 1. The standard InChI is InChI=1S/C24H21F2N3O/c1-16(24(30)27-15-17-7-3-2-4-8-17)29-22-10-6-5-9-21(22)28-23(29)13-18-11-19(25)14-20(26)12-18/h2-12,14,16H,13,15H2,1H3,(H,27,30). The van der Waals surface area contributed by atoms with Crippen molar-refractivity contribution in [2.24, 2.45) is 0 Å². The van der Waals surface area contributed by atoms with E-state index in [1.165, 1.54) is 12.1 Å². The van der Waals surface area contributed by atoms with E-state index in [1.54, 1.807) is 6.92 Å². The molecule has 0 saturated heterocycles. The zero-order valence-electron chi connectivity index (χ0n) is 16.5. The topological polar surface area (TPSA) is 46.9 Å². The number of carbonyl (C=O) groups excluding carboxylic acids is 1. The fraction of sp³-hybridized carbons (Fsp3) is 0.167. The van der Waals surface area contributed by atoms with Gasteiger partial charge in [-0.3, -0.25) is 4.79 Å². The lowest BCUT2D eigenvalue weighted by Crippen LogP contribution is -2.31. The number of aromatic nitrogens is 2. The van der Waals surface area contributed by atoms with Gasteiger partial charge in [-0.2, -0.15) is 0 Å². The maximum Gasteiger partial charge on any atom is 0.243 e. The lowest BCUT2D eigenvalue weighted by Gasteiger charge is -2.18. The second-order valence-electron chi connectivity index (χ2n) is 7.22. The maximum atomic E-state index is 13.7. The highest BCUT2D eigenvalue weighted by Crippen LogP contribution is 2.24. The van der Waals surface area contributed by atoms with E-state index >= 15 is 0 Å². The van der Waals surface area contributed by atoms with E-state index in [0.29, 0.717) is 17.9 Å². The third kappa shape index (κ3) is 4.22. The molecule has 0 aliphatic heterocycles. The number of amides is 1. The lowest BCUT2D eigenvalue weighted by molar-refractivity contribution is -0.124. The Labute approximate surface area is 173 Å². The highest BCUT2D eigenvalue weighted by Gasteiger charge is 2.21. The van der Waals surface area contributed by atoms with Crippen LogP contribution in [0.1, 0.15) is 29.9 Å². The predicted molar refractivity (Wildman–Crippen MR) is 112 cm³/mol. The Bertz CT molecular complexity index is 1170. The Morgan fingerprint density at radius 2 is 1.63 bits per heavy atom. The van der Waals surface area contributed by atoms with Gasteiger partial charge in [0, 0.05) is 19.0 Å². The second kappa shape index (κ2) is 8.45. The van der Waals surface area contributed by atoms with Crippen LogP contribution >= 0.6 is 0 Å². The molecule has 1 atom stereocenters. The van der Waals surface area contributed by atoms with Gasteiger partial charge >= 0.3 is 0 Å². The Kier molecular flexibility index (Phi) is 5.57. The summed E-state index contributed by atoms with van der Waals surface area (Å²) in [5.41, 5.74) is 2.99. The molecule has 1 heterocycles. The number of halogens is 2. The summed E-state index contributed by atoms with van der Waals surface area (Å²) < 4.78 is 29.1. The van der Waals surface area contributed by atoms with E-state index in [-0.39, 0.29) is 12.3 Å². The molecular weight excluding hydrogens is 384 g/mol. The van der Waals surface area contributed by atoms with Crippen LogP contribution in [0.3, 0.4) is 0 Å². The van der Waals surface area contributed by atoms with Crippen LogP contribution in [0.4, 0.5) is 8.78 Å². The Balaban J connectivity index is 1.64. The highest BCUT2D eigenvalue weighted by atomic mass is 19.1. The molecular formula is C24H21F2N3O. The van der Waals surface area contributed by atoms with Crippen molar-refractivity contribution < 1.29 is 13.6 Å². The largest absolute Gasteiger partial charge is 0.350 e. The molecule has 4 rings (SSSR count). The van der Waals surface area contributed by atoms with Gasteiger partial charge in [-0.25, -0.2) is 13.8 Å². The molecule has 0 saturated carbocycles. The third-order valence-electron chi connectivity index (χ3n) is 5.03. The fourth-order valence-corrected chi connectivity index (χ4v) is 3.60. The van der Waals surface area contributed by atoms with Gasteiger partial charge in [0.2, 0.25) is 5.91 Å². The van der Waals surface area contributed by atoms with E-state index in [2.05, 4.69) is 10.3 Å². The van der Waals surface area contributed by atoms with Crippen molar-refractivity contribution in [3.8, 4) is 0 Å². The van der Waals surface area contributed by atoms with E-state index in [1.807, 2.05) is 59.2 Å². The number of nitrogens with zero attached hydrogens (tertiary/aromatic N) is 2. The molecule has 4 nitrogen and oxygen atoms in total. The molecule has 0 aliphatic rings. The van der Waals surface area contributed by atoms with Crippen molar-refractivity contribution in [1.29, 1.82) is 0 Å². The molecule has 1 N–H and O–H groups in total. The van der Waals surface area contributed by atoms with E-state index < -0.39 is 17.7 Å². The first-order valence-electron chi connectivity index (χ1n) is 9.74. The number of nitrogens with one attached hydrogen (secondary N) is 1. The maximum absolute atomic E-state index is 13.7. The minimum Gasteiger partial charge on any atom is -0.350 e. The molecule has 0 bridgehead atoms. The van der Waals surface area contributed by atoms with E-state index in [4.69, 9.17) is 0 Å². The number of para-hydroxylation sites is 2. The van der Waals surface area contributed by atoms with Crippen LogP contribution in [0.25, 0.3) is 11.0 Å². The second-order valence-corrected chi connectivity index (χ2v) is 7.22. The van der Waals surface area contributed by atoms with Crippen LogP contribution in [0.5, 0.6) is 0 Å². The zero-order chi connectivity index (χ0) is 21.1. The minimum absolute atomic E-state index is 0.159. The monoisotopic (exact) mass is 405 g/mol. The van der Waals surface area contributed by atoms with Crippen molar-refractivity contribution in [3.63, 3.8) is 0 Å². The summed E-state index contributed by atoms with van der Waals surface area (Å²) in [6, 6.07) is 20.0. The van der Waals surface area contributed by atoms with Crippen molar-refractivity contribution >= 4 is 16.9 Å². The quantitative estimate of drug-likeness (QED) is 0.502. The summed E-state index contributed by atoms with van der Waals surface area (Å²) in [7, 11) is 0.